The standard InChI is InChI=1S/C21H24N2O4/c1-25-18-8-7-17(11-19(18)26-2)21-20(14-24)27-10-9-23(21)13-16-5-3-15(12-22)4-6-16/h3-8,11,20-21,24H,9-10,13-14H2,1-2H3. The fraction of sp³-hybridized carbons (Fsp3) is 0.381. The number of hydrogen-bond donors (Lipinski definition) is 1. The average Bonchev–Trinajstić information content (AvgIpc) is 2.73. The molecule has 3 rings (SSSR count). The van der Waals surface area contributed by atoms with Crippen molar-refractivity contribution in [1.29, 1.82) is 5.26 Å². The van der Waals surface area contributed by atoms with Crippen LogP contribution in [-0.2, 0) is 11.3 Å². The lowest BCUT2D eigenvalue weighted by molar-refractivity contribution is -0.0961. The van der Waals surface area contributed by atoms with Gasteiger partial charge in [-0.1, -0.05) is 18.2 Å². The Morgan fingerprint density at radius 2 is 1.89 bits per heavy atom. The summed E-state index contributed by atoms with van der Waals surface area (Å²) in [5.74, 6) is 1.31. The molecular weight excluding hydrogens is 344 g/mol. The van der Waals surface area contributed by atoms with Crippen molar-refractivity contribution >= 4 is 0 Å². The van der Waals surface area contributed by atoms with Gasteiger partial charge in [0.15, 0.2) is 11.5 Å². The molecule has 0 aliphatic carbocycles. The summed E-state index contributed by atoms with van der Waals surface area (Å²) in [5, 5.41) is 18.8. The van der Waals surface area contributed by atoms with Gasteiger partial charge < -0.3 is 19.3 Å². The number of rotatable bonds is 6. The normalized spacial score (nSPS) is 20.1. The molecule has 2 atom stereocenters. The van der Waals surface area contributed by atoms with Crippen LogP contribution in [0.3, 0.4) is 0 Å². The Kier molecular flexibility index (Phi) is 6.30. The number of aliphatic hydroxyl groups excluding tert-OH is 1. The highest BCUT2D eigenvalue weighted by atomic mass is 16.5. The summed E-state index contributed by atoms with van der Waals surface area (Å²) in [5.41, 5.74) is 2.75. The summed E-state index contributed by atoms with van der Waals surface area (Å²) in [4.78, 5) is 2.28. The van der Waals surface area contributed by atoms with Gasteiger partial charge in [-0.2, -0.15) is 5.26 Å². The van der Waals surface area contributed by atoms with Crippen molar-refractivity contribution in [2.24, 2.45) is 0 Å². The Bertz CT molecular complexity index is 801. The summed E-state index contributed by atoms with van der Waals surface area (Å²) >= 11 is 0. The van der Waals surface area contributed by atoms with E-state index in [1.165, 1.54) is 0 Å². The lowest BCUT2D eigenvalue weighted by Crippen LogP contribution is -2.46. The predicted octanol–water partition coefficient (Wildman–Crippen LogP) is 2.51. The first-order valence-electron chi connectivity index (χ1n) is 8.87. The van der Waals surface area contributed by atoms with Crippen LogP contribution in [0.1, 0.15) is 22.7 Å². The van der Waals surface area contributed by atoms with E-state index in [0.29, 0.717) is 30.2 Å². The van der Waals surface area contributed by atoms with Crippen molar-refractivity contribution in [3.05, 3.63) is 59.2 Å². The maximum atomic E-state index is 9.86. The molecule has 6 nitrogen and oxygen atoms in total. The molecule has 1 N–H and O–H groups in total. The van der Waals surface area contributed by atoms with Gasteiger partial charge in [-0.25, -0.2) is 0 Å². The van der Waals surface area contributed by atoms with Crippen molar-refractivity contribution in [2.45, 2.75) is 18.7 Å². The molecule has 2 unspecified atom stereocenters. The summed E-state index contributed by atoms with van der Waals surface area (Å²) < 4.78 is 16.6. The molecule has 0 amide bonds. The molecule has 1 aliphatic heterocycles. The van der Waals surface area contributed by atoms with E-state index in [2.05, 4.69) is 11.0 Å². The van der Waals surface area contributed by atoms with E-state index in [-0.39, 0.29) is 18.8 Å². The topological polar surface area (TPSA) is 75.0 Å². The minimum atomic E-state index is -0.324. The zero-order valence-electron chi connectivity index (χ0n) is 15.6. The maximum absolute atomic E-state index is 9.86. The zero-order valence-corrected chi connectivity index (χ0v) is 15.6. The van der Waals surface area contributed by atoms with Crippen LogP contribution >= 0.6 is 0 Å². The van der Waals surface area contributed by atoms with Crippen LogP contribution in [0.2, 0.25) is 0 Å². The second-order valence-corrected chi connectivity index (χ2v) is 6.43. The molecule has 142 valence electrons. The number of morpholine rings is 1. The predicted molar refractivity (Wildman–Crippen MR) is 101 cm³/mol. The first-order valence-corrected chi connectivity index (χ1v) is 8.87. The number of nitrogens with zero attached hydrogens (tertiary/aromatic N) is 2. The van der Waals surface area contributed by atoms with Crippen LogP contribution in [0.5, 0.6) is 11.5 Å². The van der Waals surface area contributed by atoms with Gasteiger partial charge in [-0.3, -0.25) is 4.90 Å². The van der Waals surface area contributed by atoms with Crippen LogP contribution in [-0.4, -0.2) is 50.1 Å². The molecule has 6 heteroatoms. The summed E-state index contributed by atoms with van der Waals surface area (Å²) in [6.07, 6.45) is -0.324. The molecule has 0 saturated carbocycles. The third-order valence-corrected chi connectivity index (χ3v) is 4.85. The number of hydrogen-bond acceptors (Lipinski definition) is 6. The van der Waals surface area contributed by atoms with Gasteiger partial charge >= 0.3 is 0 Å². The molecule has 0 bridgehead atoms. The zero-order chi connectivity index (χ0) is 19.2. The minimum absolute atomic E-state index is 0.0666. The molecule has 0 spiro atoms. The Balaban J connectivity index is 1.90. The highest BCUT2D eigenvalue weighted by Gasteiger charge is 2.33. The van der Waals surface area contributed by atoms with E-state index in [9.17, 15) is 5.11 Å². The lowest BCUT2D eigenvalue weighted by Gasteiger charge is -2.41. The second-order valence-electron chi connectivity index (χ2n) is 6.43. The van der Waals surface area contributed by atoms with Crippen LogP contribution < -0.4 is 9.47 Å². The average molecular weight is 368 g/mol. The fourth-order valence-electron chi connectivity index (χ4n) is 3.50. The molecule has 27 heavy (non-hydrogen) atoms. The van der Waals surface area contributed by atoms with Crippen molar-refractivity contribution in [3.63, 3.8) is 0 Å². The Labute approximate surface area is 159 Å². The molecule has 1 fully saturated rings. The number of ether oxygens (including phenoxy) is 3. The Morgan fingerprint density at radius 1 is 1.15 bits per heavy atom. The Morgan fingerprint density at radius 3 is 2.52 bits per heavy atom. The highest BCUT2D eigenvalue weighted by Crippen LogP contribution is 2.36. The van der Waals surface area contributed by atoms with E-state index in [1.807, 2.05) is 42.5 Å². The number of nitriles is 1. The van der Waals surface area contributed by atoms with Crippen LogP contribution in [0.4, 0.5) is 0 Å². The van der Waals surface area contributed by atoms with Gasteiger partial charge in [-0.05, 0) is 35.4 Å². The molecule has 2 aromatic rings. The molecular formula is C21H24N2O4. The first-order chi connectivity index (χ1) is 13.2. The van der Waals surface area contributed by atoms with Gasteiger partial charge in [0.2, 0.25) is 0 Å². The van der Waals surface area contributed by atoms with Crippen molar-refractivity contribution in [2.75, 3.05) is 34.0 Å². The van der Waals surface area contributed by atoms with Crippen molar-refractivity contribution in [1.82, 2.24) is 4.90 Å². The van der Waals surface area contributed by atoms with Crippen molar-refractivity contribution < 1.29 is 19.3 Å². The second kappa shape index (κ2) is 8.87. The molecule has 0 radical (unpaired) electrons. The molecule has 1 heterocycles. The van der Waals surface area contributed by atoms with Crippen molar-refractivity contribution in [3.8, 4) is 17.6 Å². The first kappa shape index (κ1) is 19.2. The quantitative estimate of drug-likeness (QED) is 0.844. The Hall–Kier alpha value is -2.59. The van der Waals surface area contributed by atoms with Crippen LogP contribution in [0.25, 0.3) is 0 Å². The molecule has 1 aliphatic rings. The van der Waals surface area contributed by atoms with Gasteiger partial charge in [0.1, 0.15) is 6.10 Å². The SMILES string of the molecule is COc1ccc(C2C(CO)OCCN2Cc2ccc(C#N)cc2)cc1OC. The van der Waals surface area contributed by atoms with E-state index < -0.39 is 0 Å². The largest absolute Gasteiger partial charge is 0.493 e. The highest BCUT2D eigenvalue weighted by molar-refractivity contribution is 5.44. The van der Waals surface area contributed by atoms with E-state index in [4.69, 9.17) is 19.5 Å². The third kappa shape index (κ3) is 4.22. The van der Waals surface area contributed by atoms with Gasteiger partial charge in [0.05, 0.1) is 45.1 Å². The van der Waals surface area contributed by atoms with Crippen LogP contribution in [0, 0.1) is 11.3 Å². The summed E-state index contributed by atoms with van der Waals surface area (Å²) in [6, 6.07) is 15.4. The van der Waals surface area contributed by atoms with Crippen LogP contribution in [0.15, 0.2) is 42.5 Å². The molecule has 1 saturated heterocycles. The number of aliphatic hydroxyl groups is 1. The third-order valence-electron chi connectivity index (χ3n) is 4.85. The van der Waals surface area contributed by atoms with Gasteiger partial charge in [-0.15, -0.1) is 0 Å². The maximum Gasteiger partial charge on any atom is 0.161 e. The van der Waals surface area contributed by atoms with E-state index in [1.54, 1.807) is 14.2 Å². The van der Waals surface area contributed by atoms with Gasteiger partial charge in [0.25, 0.3) is 0 Å². The number of methoxy groups -OCH3 is 2. The monoisotopic (exact) mass is 368 g/mol. The van der Waals surface area contributed by atoms with E-state index in [0.717, 1.165) is 17.7 Å². The minimum Gasteiger partial charge on any atom is -0.493 e. The number of benzene rings is 2. The molecule has 0 aromatic heterocycles. The summed E-state index contributed by atoms with van der Waals surface area (Å²) in [6.45, 7) is 1.94. The smallest absolute Gasteiger partial charge is 0.161 e. The lowest BCUT2D eigenvalue weighted by atomic mass is 9.97. The van der Waals surface area contributed by atoms with E-state index >= 15 is 0 Å². The van der Waals surface area contributed by atoms with Gasteiger partial charge in [0, 0.05) is 13.1 Å². The molecule has 2 aromatic carbocycles. The fourth-order valence-corrected chi connectivity index (χ4v) is 3.50. The summed E-state index contributed by atoms with van der Waals surface area (Å²) in [7, 11) is 3.21.